The van der Waals surface area contributed by atoms with Crippen molar-refractivity contribution in [2.45, 2.75) is 44.7 Å². The van der Waals surface area contributed by atoms with Crippen LogP contribution in [-0.2, 0) is 32.2 Å². The fourth-order valence-corrected chi connectivity index (χ4v) is 3.55. The van der Waals surface area contributed by atoms with Gasteiger partial charge in [0.2, 0.25) is 0 Å². The van der Waals surface area contributed by atoms with E-state index in [0.717, 1.165) is 17.5 Å². The molecule has 32 heavy (non-hydrogen) atoms. The first-order valence-electron chi connectivity index (χ1n) is 10.5. The van der Waals surface area contributed by atoms with Crippen LogP contribution in [0.2, 0.25) is 0 Å². The molecule has 1 N–H and O–H groups in total. The van der Waals surface area contributed by atoms with E-state index in [9.17, 15) is 9.59 Å². The second kappa shape index (κ2) is 13.1. The highest BCUT2D eigenvalue weighted by Crippen LogP contribution is 2.15. The molecule has 0 radical (unpaired) electrons. The van der Waals surface area contributed by atoms with E-state index >= 15 is 0 Å². The molecule has 8 heteroatoms. The normalized spacial score (nSPS) is 17.2. The molecule has 1 aliphatic rings. The number of likely N-dealkylation sites (tertiary alicyclic amines) is 1. The molecule has 0 aromatic heterocycles. The van der Waals surface area contributed by atoms with Crippen molar-refractivity contribution >= 4 is 24.5 Å². The maximum Gasteiger partial charge on any atom is 0.410 e. The van der Waals surface area contributed by atoms with Gasteiger partial charge in [-0.25, -0.2) is 4.79 Å². The van der Waals surface area contributed by atoms with Crippen molar-refractivity contribution in [3.8, 4) is 0 Å². The monoisotopic (exact) mass is 462 g/mol. The summed E-state index contributed by atoms with van der Waals surface area (Å²) in [6.07, 6.45) is -0.0258. The van der Waals surface area contributed by atoms with Crippen LogP contribution in [0.1, 0.15) is 24.5 Å². The van der Waals surface area contributed by atoms with Crippen molar-refractivity contribution < 1.29 is 23.8 Å². The van der Waals surface area contributed by atoms with Crippen molar-refractivity contribution in [1.29, 1.82) is 0 Å². The van der Waals surface area contributed by atoms with E-state index in [1.54, 1.807) is 4.90 Å². The van der Waals surface area contributed by atoms with Crippen LogP contribution in [0.3, 0.4) is 0 Å². The minimum atomic E-state index is -0.626. The molecule has 174 valence electrons. The van der Waals surface area contributed by atoms with E-state index in [2.05, 4.69) is 5.32 Å². The third-order valence-electron chi connectivity index (χ3n) is 5.35. The molecule has 0 saturated carbocycles. The van der Waals surface area contributed by atoms with E-state index in [4.69, 9.17) is 14.2 Å². The number of carbonyl (C=O) groups is 2. The Balaban J connectivity index is 0.00000363. The van der Waals surface area contributed by atoms with Gasteiger partial charge in [0.15, 0.2) is 0 Å². The minimum absolute atomic E-state index is 0. The minimum Gasteiger partial charge on any atom is -0.468 e. The molecule has 0 bridgehead atoms. The lowest BCUT2D eigenvalue weighted by Gasteiger charge is -2.26. The SMILES string of the molecule is COC(=O)[C@@H](N[C@H]1CCN(C(=O)OCc2ccccc2)C1)[C@@H](C)OCc1ccccc1.Cl. The van der Waals surface area contributed by atoms with E-state index in [1.165, 1.54) is 7.11 Å². The number of methoxy groups -OCH3 is 1. The molecule has 1 aliphatic heterocycles. The quantitative estimate of drug-likeness (QED) is 0.574. The Hall–Kier alpha value is -2.61. The number of esters is 1. The van der Waals surface area contributed by atoms with Crippen LogP contribution in [-0.4, -0.2) is 55.3 Å². The van der Waals surface area contributed by atoms with Crippen molar-refractivity contribution in [3.63, 3.8) is 0 Å². The maximum atomic E-state index is 12.4. The molecule has 2 aromatic carbocycles. The Morgan fingerprint density at radius 3 is 2.22 bits per heavy atom. The topological polar surface area (TPSA) is 77.1 Å². The largest absolute Gasteiger partial charge is 0.468 e. The molecule has 0 aliphatic carbocycles. The Kier molecular flexibility index (Phi) is 10.5. The van der Waals surface area contributed by atoms with Crippen LogP contribution < -0.4 is 5.32 Å². The molecule has 1 fully saturated rings. The van der Waals surface area contributed by atoms with Gasteiger partial charge in [0, 0.05) is 19.1 Å². The summed E-state index contributed by atoms with van der Waals surface area (Å²) in [5, 5.41) is 3.31. The first kappa shape index (κ1) is 25.6. The van der Waals surface area contributed by atoms with E-state index in [-0.39, 0.29) is 37.1 Å². The van der Waals surface area contributed by atoms with E-state index in [0.29, 0.717) is 19.7 Å². The van der Waals surface area contributed by atoms with Crippen LogP contribution in [0.15, 0.2) is 60.7 Å². The van der Waals surface area contributed by atoms with Crippen molar-refractivity contribution in [3.05, 3.63) is 71.8 Å². The molecule has 0 spiro atoms. The molecular formula is C24H31ClN2O5. The molecule has 0 unspecified atom stereocenters. The van der Waals surface area contributed by atoms with Gasteiger partial charge in [0.25, 0.3) is 0 Å². The molecule has 3 rings (SSSR count). The number of nitrogens with one attached hydrogen (secondary N) is 1. The highest BCUT2D eigenvalue weighted by molar-refractivity contribution is 5.85. The molecule has 1 saturated heterocycles. The third kappa shape index (κ3) is 7.51. The highest BCUT2D eigenvalue weighted by Gasteiger charge is 2.34. The molecule has 1 amide bonds. The summed E-state index contributed by atoms with van der Waals surface area (Å²) in [5.41, 5.74) is 1.98. The Labute approximate surface area is 195 Å². The predicted molar refractivity (Wildman–Crippen MR) is 123 cm³/mol. The average molecular weight is 463 g/mol. The number of hydrogen-bond acceptors (Lipinski definition) is 6. The summed E-state index contributed by atoms with van der Waals surface area (Å²) in [6.45, 7) is 3.52. The van der Waals surface area contributed by atoms with Crippen LogP contribution in [0.5, 0.6) is 0 Å². The fourth-order valence-electron chi connectivity index (χ4n) is 3.55. The van der Waals surface area contributed by atoms with Crippen LogP contribution in [0, 0.1) is 0 Å². The van der Waals surface area contributed by atoms with Crippen molar-refractivity contribution in [1.82, 2.24) is 10.2 Å². The van der Waals surface area contributed by atoms with E-state index in [1.807, 2.05) is 67.6 Å². The zero-order valence-electron chi connectivity index (χ0n) is 18.4. The van der Waals surface area contributed by atoms with Crippen LogP contribution in [0.4, 0.5) is 4.79 Å². The summed E-state index contributed by atoms with van der Waals surface area (Å²) in [6, 6.07) is 18.7. The van der Waals surface area contributed by atoms with Gasteiger partial charge < -0.3 is 19.1 Å². The lowest BCUT2D eigenvalue weighted by atomic mass is 10.1. The molecular weight excluding hydrogens is 432 g/mol. The smallest absolute Gasteiger partial charge is 0.410 e. The lowest BCUT2D eigenvalue weighted by molar-refractivity contribution is -0.147. The number of amides is 1. The van der Waals surface area contributed by atoms with Crippen molar-refractivity contribution in [2.75, 3.05) is 20.2 Å². The number of hydrogen-bond donors (Lipinski definition) is 1. The van der Waals surface area contributed by atoms with E-state index < -0.39 is 12.1 Å². The summed E-state index contributed by atoms with van der Waals surface area (Å²) in [5.74, 6) is -0.384. The van der Waals surface area contributed by atoms with Gasteiger partial charge in [0.05, 0.1) is 19.8 Å². The van der Waals surface area contributed by atoms with Crippen LogP contribution in [0.25, 0.3) is 0 Å². The second-order valence-electron chi connectivity index (χ2n) is 7.64. The highest BCUT2D eigenvalue weighted by atomic mass is 35.5. The average Bonchev–Trinajstić information content (AvgIpc) is 3.29. The summed E-state index contributed by atoms with van der Waals surface area (Å²) in [7, 11) is 1.36. The molecule has 1 heterocycles. The van der Waals surface area contributed by atoms with Gasteiger partial charge in [-0.1, -0.05) is 60.7 Å². The molecule has 3 atom stereocenters. The van der Waals surface area contributed by atoms with Gasteiger partial charge in [-0.15, -0.1) is 12.4 Å². The predicted octanol–water partition coefficient (Wildman–Crippen LogP) is 3.56. The second-order valence-corrected chi connectivity index (χ2v) is 7.64. The number of rotatable bonds is 9. The van der Waals surface area contributed by atoms with Gasteiger partial charge in [0.1, 0.15) is 12.6 Å². The lowest BCUT2D eigenvalue weighted by Crippen LogP contribution is -2.51. The number of ether oxygens (including phenoxy) is 3. The third-order valence-corrected chi connectivity index (χ3v) is 5.35. The van der Waals surface area contributed by atoms with Crippen LogP contribution >= 0.6 is 12.4 Å². The Bertz CT molecular complexity index is 837. The van der Waals surface area contributed by atoms with Gasteiger partial charge >= 0.3 is 12.1 Å². The number of benzene rings is 2. The van der Waals surface area contributed by atoms with Crippen molar-refractivity contribution in [2.24, 2.45) is 0 Å². The molecule has 7 nitrogen and oxygen atoms in total. The Morgan fingerprint density at radius 1 is 1.03 bits per heavy atom. The summed E-state index contributed by atoms with van der Waals surface area (Å²) in [4.78, 5) is 26.4. The fraction of sp³-hybridized carbons (Fsp3) is 0.417. The Morgan fingerprint density at radius 2 is 1.62 bits per heavy atom. The first-order valence-corrected chi connectivity index (χ1v) is 10.5. The zero-order chi connectivity index (χ0) is 22.1. The molecule has 2 aromatic rings. The first-order chi connectivity index (χ1) is 15.1. The van der Waals surface area contributed by atoms with Gasteiger partial charge in [-0.2, -0.15) is 0 Å². The van der Waals surface area contributed by atoms with Gasteiger partial charge in [-0.05, 0) is 24.5 Å². The summed E-state index contributed by atoms with van der Waals surface area (Å²) < 4.78 is 16.3. The maximum absolute atomic E-state index is 12.4. The number of nitrogens with zero attached hydrogens (tertiary/aromatic N) is 1. The standard InChI is InChI=1S/C24H30N2O5.ClH/c1-18(30-16-19-9-5-3-6-10-19)22(23(27)29-2)25-21-13-14-26(15-21)24(28)31-17-20-11-7-4-8-12-20;/h3-12,18,21-22,25H,13-17H2,1-2H3;1H/t18-,21+,22+;/m1./s1. The number of halogens is 1. The number of carbonyl (C=O) groups excluding carboxylic acids is 2. The summed E-state index contributed by atoms with van der Waals surface area (Å²) >= 11 is 0. The zero-order valence-corrected chi connectivity index (χ0v) is 19.3. The van der Waals surface area contributed by atoms with Gasteiger partial charge in [-0.3, -0.25) is 10.1 Å².